The number of carbonyl (C=O) groups is 2. The van der Waals surface area contributed by atoms with Crippen molar-refractivity contribution in [3.8, 4) is 68.9 Å². The molecule has 1 atom stereocenters. The number of hydrogen-bond donors (Lipinski definition) is 0. The van der Waals surface area contributed by atoms with Crippen LogP contribution in [0.3, 0.4) is 0 Å². The highest BCUT2D eigenvalue weighted by atomic mass is 16.5. The molecule has 0 aromatic heterocycles. The van der Waals surface area contributed by atoms with Crippen molar-refractivity contribution in [1.82, 2.24) is 4.90 Å². The topological polar surface area (TPSA) is 74.3 Å². The maximum Gasteiger partial charge on any atom is 0.261 e. The summed E-state index contributed by atoms with van der Waals surface area (Å²) in [5.74, 6) is 15.7. The van der Waals surface area contributed by atoms with Gasteiger partial charge in [-0.2, -0.15) is 0 Å². The number of rotatable bonds is 10. The second-order valence-corrected chi connectivity index (χ2v) is 14.5. The first-order valence-electron chi connectivity index (χ1n) is 19.4. The van der Waals surface area contributed by atoms with Gasteiger partial charge in [-0.25, -0.2) is 0 Å². The molecule has 6 aromatic rings. The van der Waals surface area contributed by atoms with Crippen LogP contribution >= 0.6 is 0 Å². The van der Waals surface area contributed by atoms with Gasteiger partial charge in [-0.15, -0.1) is 0 Å². The first-order valence-corrected chi connectivity index (χ1v) is 19.4. The summed E-state index contributed by atoms with van der Waals surface area (Å²) in [4.78, 5) is 29.6. The van der Waals surface area contributed by atoms with Gasteiger partial charge in [0.25, 0.3) is 11.8 Å². The molecular weight excluding hydrogens is 711 g/mol. The highest BCUT2D eigenvalue weighted by molar-refractivity contribution is 6.31. The third-order valence-electron chi connectivity index (χ3n) is 11.2. The van der Waals surface area contributed by atoms with Crippen molar-refractivity contribution in [3.63, 3.8) is 0 Å². The largest absolute Gasteiger partial charge is 0.493 e. The Hall–Kier alpha value is -6.70. The van der Waals surface area contributed by atoms with Crippen LogP contribution in [-0.4, -0.2) is 51.7 Å². The first kappa shape index (κ1) is 37.2. The summed E-state index contributed by atoms with van der Waals surface area (Å²) in [6.45, 7) is 4.75. The lowest BCUT2D eigenvalue weighted by Crippen LogP contribution is -2.43. The van der Waals surface area contributed by atoms with Crippen LogP contribution in [-0.2, 0) is 0 Å². The molecule has 1 unspecified atom stereocenters. The Morgan fingerprint density at radius 3 is 1.42 bits per heavy atom. The molecule has 8 rings (SSSR count). The van der Waals surface area contributed by atoms with E-state index in [1.165, 1.54) is 4.90 Å². The van der Waals surface area contributed by atoms with Gasteiger partial charge in [0.2, 0.25) is 0 Å². The maximum absolute atomic E-state index is 14.0. The van der Waals surface area contributed by atoms with E-state index < -0.39 is 0 Å². The lowest BCUT2D eigenvalue weighted by molar-refractivity contribution is 0.0580. The molecule has 7 heteroatoms. The minimum atomic E-state index is -0.206. The van der Waals surface area contributed by atoms with Crippen molar-refractivity contribution in [2.24, 2.45) is 5.92 Å². The summed E-state index contributed by atoms with van der Waals surface area (Å²) in [5.41, 5.74) is 8.38. The number of nitrogens with zero attached hydrogens (tertiary/aromatic N) is 1. The van der Waals surface area contributed by atoms with Crippen LogP contribution in [0.15, 0.2) is 84.9 Å². The lowest BCUT2D eigenvalue weighted by atomic mass is 9.89. The summed E-state index contributed by atoms with van der Waals surface area (Å²) in [5, 5.41) is 3.70. The zero-order chi connectivity index (χ0) is 39.8. The fraction of sp³-hybridized carbons (Fsp3) is 0.240. The Morgan fingerprint density at radius 1 is 0.526 bits per heavy atom. The maximum atomic E-state index is 14.0. The van der Waals surface area contributed by atoms with E-state index in [1.54, 1.807) is 28.4 Å². The molecule has 0 radical (unpaired) electrons. The number of hydrogen-bond acceptors (Lipinski definition) is 6. The smallest absolute Gasteiger partial charge is 0.261 e. The van der Waals surface area contributed by atoms with Crippen molar-refractivity contribution >= 4 is 33.4 Å². The number of methoxy groups -OCH3 is 4. The molecule has 0 spiro atoms. The number of imide groups is 1. The van der Waals surface area contributed by atoms with Gasteiger partial charge in [-0.1, -0.05) is 68.9 Å². The van der Waals surface area contributed by atoms with Gasteiger partial charge >= 0.3 is 0 Å². The van der Waals surface area contributed by atoms with E-state index in [0.717, 1.165) is 91.7 Å². The summed E-state index contributed by atoms with van der Waals surface area (Å²) >= 11 is 0. The van der Waals surface area contributed by atoms with Crippen molar-refractivity contribution in [1.29, 1.82) is 0 Å². The van der Waals surface area contributed by atoms with E-state index in [4.69, 9.17) is 18.9 Å². The van der Waals surface area contributed by atoms with Crippen LogP contribution in [0, 0.1) is 29.6 Å². The monoisotopic (exact) mass is 753 g/mol. The van der Waals surface area contributed by atoms with Crippen molar-refractivity contribution in [2.45, 2.75) is 39.5 Å². The molecule has 0 N–H and O–H groups in total. The van der Waals surface area contributed by atoms with Gasteiger partial charge in [-0.3, -0.25) is 14.5 Å². The molecule has 57 heavy (non-hydrogen) atoms. The number of amides is 2. The second-order valence-electron chi connectivity index (χ2n) is 14.5. The van der Waals surface area contributed by atoms with Gasteiger partial charge in [0.05, 0.1) is 28.4 Å². The third-order valence-corrected chi connectivity index (χ3v) is 11.2. The number of unbranched alkanes of at least 4 members (excludes halogenated alkanes) is 1. The highest BCUT2D eigenvalue weighted by Crippen LogP contribution is 2.51. The van der Waals surface area contributed by atoms with Crippen LogP contribution < -0.4 is 18.9 Å². The Labute approximate surface area is 333 Å². The standard InChI is InChI=1S/C50H43NO6/c1-7-9-10-30(8-2)29-51-49(52)39-19-17-37-41-27-35-25-33(15-11-31-13-21-43(54-3)45(23-31)56-5)34(16-12-32-14-22-44(55-4)46(24-32)57-6)26-36(35)28-42(41)38-18-20-40(50(51)53)48(39)47(37)38/h13-14,17-28,30H,7-10,29H2,1-6H3. The molecule has 0 saturated carbocycles. The van der Waals surface area contributed by atoms with E-state index in [-0.39, 0.29) is 17.7 Å². The quantitative estimate of drug-likeness (QED) is 0.102. The average molecular weight is 754 g/mol. The van der Waals surface area contributed by atoms with E-state index in [2.05, 4.69) is 61.8 Å². The Kier molecular flexibility index (Phi) is 10.1. The Morgan fingerprint density at radius 2 is 0.982 bits per heavy atom. The van der Waals surface area contributed by atoms with Crippen LogP contribution in [0.2, 0.25) is 0 Å². The second kappa shape index (κ2) is 15.4. The molecule has 6 aromatic carbocycles. The van der Waals surface area contributed by atoms with Crippen molar-refractivity contribution < 1.29 is 28.5 Å². The van der Waals surface area contributed by atoms with Crippen LogP contribution in [0.4, 0.5) is 0 Å². The van der Waals surface area contributed by atoms with Gasteiger partial charge < -0.3 is 18.9 Å². The molecule has 1 aliphatic carbocycles. The Balaban J connectivity index is 1.24. The summed E-state index contributed by atoms with van der Waals surface area (Å²) in [7, 11) is 6.42. The summed E-state index contributed by atoms with van der Waals surface area (Å²) in [6, 6.07) is 27.6. The predicted molar refractivity (Wildman–Crippen MR) is 226 cm³/mol. The van der Waals surface area contributed by atoms with Crippen molar-refractivity contribution in [2.75, 3.05) is 35.0 Å². The average Bonchev–Trinajstić information content (AvgIpc) is 3.56. The fourth-order valence-corrected chi connectivity index (χ4v) is 8.13. The van der Waals surface area contributed by atoms with Gasteiger partial charge in [-0.05, 0) is 124 Å². The molecule has 1 heterocycles. The zero-order valence-corrected chi connectivity index (χ0v) is 33.1. The molecule has 2 amide bonds. The number of carbonyl (C=O) groups excluding carboxylic acids is 2. The van der Waals surface area contributed by atoms with E-state index in [0.29, 0.717) is 40.7 Å². The third kappa shape index (κ3) is 6.60. The molecule has 1 aliphatic heterocycles. The van der Waals surface area contributed by atoms with Gasteiger partial charge in [0.15, 0.2) is 23.0 Å². The minimum absolute atomic E-state index is 0.206. The Bertz CT molecular complexity index is 2580. The summed E-state index contributed by atoms with van der Waals surface area (Å²) in [6.07, 6.45) is 4.09. The van der Waals surface area contributed by atoms with Gasteiger partial charge in [0.1, 0.15) is 0 Å². The molecule has 0 fully saturated rings. The molecule has 0 bridgehead atoms. The number of fused-ring (bicyclic) bond motifs is 4. The molecule has 284 valence electrons. The summed E-state index contributed by atoms with van der Waals surface area (Å²) < 4.78 is 21.9. The van der Waals surface area contributed by atoms with Crippen LogP contribution in [0.25, 0.3) is 43.8 Å². The molecule has 2 aliphatic rings. The molecule has 0 saturated heterocycles. The first-order chi connectivity index (χ1) is 27.8. The number of ether oxygens (including phenoxy) is 4. The molecule has 7 nitrogen and oxygen atoms in total. The highest BCUT2D eigenvalue weighted by Gasteiger charge is 2.37. The minimum Gasteiger partial charge on any atom is -0.493 e. The van der Waals surface area contributed by atoms with E-state index in [1.807, 2.05) is 60.7 Å². The van der Waals surface area contributed by atoms with E-state index in [9.17, 15) is 9.59 Å². The fourth-order valence-electron chi connectivity index (χ4n) is 8.13. The van der Waals surface area contributed by atoms with Crippen LogP contribution in [0.1, 0.15) is 82.5 Å². The van der Waals surface area contributed by atoms with Crippen LogP contribution in [0.5, 0.6) is 23.0 Å². The SMILES string of the molecule is CCCCC(CC)CN1C(=O)c2ccc3c4c(ccc(c24)C1=O)-c1cc2cc(C#Cc4ccc(OC)c(OC)c4)c(C#Cc4ccc(OC)c(OC)c4)cc2cc1-3. The number of benzene rings is 6. The normalized spacial score (nSPS) is 12.8. The predicted octanol–water partition coefficient (Wildman–Crippen LogP) is 10.3. The molecular formula is C50H43NO6. The van der Waals surface area contributed by atoms with Gasteiger partial charge in [0, 0.05) is 45.3 Å². The lowest BCUT2D eigenvalue weighted by Gasteiger charge is -2.30. The van der Waals surface area contributed by atoms with E-state index >= 15 is 0 Å². The zero-order valence-electron chi connectivity index (χ0n) is 33.1. The van der Waals surface area contributed by atoms with Crippen molar-refractivity contribution in [3.05, 3.63) is 118 Å².